The van der Waals surface area contributed by atoms with Crippen LogP contribution in [0.4, 0.5) is 13.2 Å². The minimum Gasteiger partial charge on any atom is -0.480 e. The molecule has 0 radical (unpaired) electrons. The number of carbonyl (C=O) groups is 1. The molecule has 1 aromatic carbocycles. The van der Waals surface area contributed by atoms with E-state index in [1.54, 1.807) is 4.90 Å². The number of hydrogen-bond donors (Lipinski definition) is 1. The van der Waals surface area contributed by atoms with Gasteiger partial charge in [0.15, 0.2) is 0 Å². The van der Waals surface area contributed by atoms with Crippen LogP contribution in [0.15, 0.2) is 24.3 Å². The molecule has 1 saturated heterocycles. The highest BCUT2D eigenvalue weighted by molar-refractivity contribution is 5.75. The fraction of sp³-hybridized carbons (Fsp3) is 0.533. The molecule has 1 aliphatic rings. The van der Waals surface area contributed by atoms with Crippen molar-refractivity contribution in [3.8, 4) is 0 Å². The average Bonchev–Trinajstić information content (AvgIpc) is 2.41. The maximum Gasteiger partial charge on any atom is 0.416 e. The summed E-state index contributed by atoms with van der Waals surface area (Å²) in [6, 6.07) is 3.48. The van der Waals surface area contributed by atoms with Crippen LogP contribution in [0.1, 0.15) is 24.1 Å². The van der Waals surface area contributed by atoms with Crippen molar-refractivity contribution in [3.05, 3.63) is 35.4 Å². The highest BCUT2D eigenvalue weighted by atomic mass is 19.4. The fourth-order valence-electron chi connectivity index (χ4n) is 2.90. The Morgan fingerprint density at radius 2 is 2.05 bits per heavy atom. The summed E-state index contributed by atoms with van der Waals surface area (Å²) >= 11 is 0. The highest BCUT2D eigenvalue weighted by Crippen LogP contribution is 2.33. The van der Waals surface area contributed by atoms with Gasteiger partial charge < -0.3 is 10.0 Å². The van der Waals surface area contributed by atoms with Crippen LogP contribution in [0.25, 0.3) is 0 Å². The second-order valence-electron chi connectivity index (χ2n) is 5.71. The summed E-state index contributed by atoms with van der Waals surface area (Å²) in [5.41, 5.74) is -0.656. The van der Waals surface area contributed by atoms with E-state index in [0.717, 1.165) is 12.1 Å². The van der Waals surface area contributed by atoms with E-state index in [9.17, 15) is 23.1 Å². The van der Waals surface area contributed by atoms with Crippen LogP contribution in [0.5, 0.6) is 0 Å². The van der Waals surface area contributed by atoms with E-state index in [2.05, 4.69) is 4.90 Å². The van der Waals surface area contributed by atoms with E-state index in [1.165, 1.54) is 12.1 Å². The van der Waals surface area contributed by atoms with Crippen LogP contribution in [0.2, 0.25) is 0 Å². The number of aliphatic carboxylic acids is 1. The van der Waals surface area contributed by atoms with Gasteiger partial charge in [0.05, 0.1) is 5.56 Å². The van der Waals surface area contributed by atoms with Crippen molar-refractivity contribution in [1.82, 2.24) is 9.80 Å². The molecule has 0 aliphatic carbocycles. The van der Waals surface area contributed by atoms with Gasteiger partial charge in [-0.25, -0.2) is 0 Å². The van der Waals surface area contributed by atoms with E-state index < -0.39 is 23.8 Å². The Hall–Kier alpha value is -1.60. The first-order valence-corrected chi connectivity index (χ1v) is 7.04. The van der Waals surface area contributed by atoms with Crippen molar-refractivity contribution in [1.29, 1.82) is 0 Å². The number of halogens is 3. The van der Waals surface area contributed by atoms with Gasteiger partial charge in [-0.15, -0.1) is 0 Å². The second-order valence-corrected chi connectivity index (χ2v) is 5.71. The van der Waals surface area contributed by atoms with Crippen LogP contribution in [0, 0.1) is 0 Å². The lowest BCUT2D eigenvalue weighted by molar-refractivity contribution is -0.146. The first-order chi connectivity index (χ1) is 10.2. The second kappa shape index (κ2) is 6.26. The number of carboxylic acid groups (broad SMARTS) is 1. The van der Waals surface area contributed by atoms with Gasteiger partial charge in [-0.05, 0) is 31.7 Å². The molecule has 2 rings (SSSR count). The molecule has 0 amide bonds. The molecule has 0 aromatic heterocycles. The summed E-state index contributed by atoms with van der Waals surface area (Å²) in [6.45, 7) is 3.76. The smallest absolute Gasteiger partial charge is 0.416 e. The van der Waals surface area contributed by atoms with Gasteiger partial charge in [-0.2, -0.15) is 13.2 Å². The van der Waals surface area contributed by atoms with Crippen molar-refractivity contribution in [3.63, 3.8) is 0 Å². The monoisotopic (exact) mass is 316 g/mol. The standard InChI is InChI=1S/C15H19F3N2O2/c1-10-9-19(2)6-7-20(10)13(14(21)22)11-4-3-5-12(8-11)15(16,17)18/h3-5,8,10,13H,6-7,9H2,1-2H3,(H,21,22). The lowest BCUT2D eigenvalue weighted by Gasteiger charge is -2.41. The summed E-state index contributed by atoms with van der Waals surface area (Å²) < 4.78 is 38.5. The zero-order valence-corrected chi connectivity index (χ0v) is 12.5. The van der Waals surface area contributed by atoms with Crippen LogP contribution in [0.3, 0.4) is 0 Å². The van der Waals surface area contributed by atoms with E-state index in [4.69, 9.17) is 0 Å². The zero-order chi connectivity index (χ0) is 16.5. The third-order valence-corrected chi connectivity index (χ3v) is 3.98. The predicted octanol–water partition coefficient (Wildman–Crippen LogP) is 2.47. The van der Waals surface area contributed by atoms with Gasteiger partial charge in [0.25, 0.3) is 0 Å². The predicted molar refractivity (Wildman–Crippen MR) is 75.5 cm³/mol. The van der Waals surface area contributed by atoms with Crippen molar-refractivity contribution in [2.24, 2.45) is 0 Å². The Morgan fingerprint density at radius 3 is 2.59 bits per heavy atom. The van der Waals surface area contributed by atoms with E-state index in [0.29, 0.717) is 19.6 Å². The minimum atomic E-state index is -4.48. The van der Waals surface area contributed by atoms with Crippen LogP contribution < -0.4 is 0 Å². The number of hydrogen-bond acceptors (Lipinski definition) is 3. The quantitative estimate of drug-likeness (QED) is 0.930. The Labute approximate surface area is 127 Å². The molecule has 22 heavy (non-hydrogen) atoms. The van der Waals surface area contributed by atoms with Gasteiger partial charge in [0.1, 0.15) is 6.04 Å². The number of alkyl halides is 3. The molecule has 2 atom stereocenters. The van der Waals surface area contributed by atoms with Gasteiger partial charge in [-0.3, -0.25) is 9.69 Å². The van der Waals surface area contributed by atoms with Gasteiger partial charge in [0.2, 0.25) is 0 Å². The third kappa shape index (κ3) is 3.59. The summed E-state index contributed by atoms with van der Waals surface area (Å²) in [4.78, 5) is 15.5. The maximum atomic E-state index is 12.8. The lowest BCUT2D eigenvalue weighted by atomic mass is 9.99. The number of benzene rings is 1. The Bertz CT molecular complexity index is 548. The van der Waals surface area contributed by atoms with Gasteiger partial charge in [0, 0.05) is 25.7 Å². The number of likely N-dealkylation sites (N-methyl/N-ethyl adjacent to an activating group) is 1. The molecule has 1 heterocycles. The molecule has 0 spiro atoms. The van der Waals surface area contributed by atoms with Crippen LogP contribution in [-0.2, 0) is 11.0 Å². The van der Waals surface area contributed by atoms with E-state index >= 15 is 0 Å². The first kappa shape index (κ1) is 16.8. The molecule has 0 saturated carbocycles. The molecule has 0 bridgehead atoms. The normalized spacial score (nSPS) is 22.5. The third-order valence-electron chi connectivity index (χ3n) is 3.98. The van der Waals surface area contributed by atoms with E-state index in [-0.39, 0.29) is 11.6 Å². The van der Waals surface area contributed by atoms with Crippen LogP contribution in [-0.4, -0.2) is 53.6 Å². The molecule has 122 valence electrons. The molecule has 2 unspecified atom stereocenters. The van der Waals surface area contributed by atoms with Crippen LogP contribution >= 0.6 is 0 Å². The van der Waals surface area contributed by atoms with Crippen molar-refractivity contribution in [2.75, 3.05) is 26.7 Å². The van der Waals surface area contributed by atoms with Gasteiger partial charge >= 0.3 is 12.1 Å². The number of rotatable bonds is 3. The summed E-state index contributed by atoms with van der Waals surface area (Å²) in [6.07, 6.45) is -4.48. The minimum absolute atomic E-state index is 0.0469. The fourth-order valence-corrected chi connectivity index (χ4v) is 2.90. The van der Waals surface area contributed by atoms with Crippen molar-refractivity contribution < 1.29 is 23.1 Å². The first-order valence-electron chi connectivity index (χ1n) is 7.04. The Balaban J connectivity index is 2.35. The topological polar surface area (TPSA) is 43.8 Å². The Morgan fingerprint density at radius 1 is 1.36 bits per heavy atom. The summed E-state index contributed by atoms with van der Waals surface area (Å²) in [7, 11) is 1.94. The average molecular weight is 316 g/mol. The molecule has 1 aromatic rings. The Kier molecular flexibility index (Phi) is 4.77. The summed E-state index contributed by atoms with van der Waals surface area (Å²) in [5.74, 6) is -1.13. The summed E-state index contributed by atoms with van der Waals surface area (Å²) in [5, 5.41) is 9.52. The molecular weight excluding hydrogens is 297 g/mol. The molecule has 4 nitrogen and oxygen atoms in total. The highest BCUT2D eigenvalue weighted by Gasteiger charge is 2.36. The largest absolute Gasteiger partial charge is 0.480 e. The molecule has 1 N–H and O–H groups in total. The number of nitrogens with zero attached hydrogens (tertiary/aromatic N) is 2. The molecule has 1 fully saturated rings. The SMILES string of the molecule is CC1CN(C)CCN1C(C(=O)O)c1cccc(C(F)(F)F)c1. The van der Waals surface area contributed by atoms with Gasteiger partial charge in [-0.1, -0.05) is 12.1 Å². The zero-order valence-electron chi connectivity index (χ0n) is 12.5. The number of carboxylic acids is 1. The lowest BCUT2D eigenvalue weighted by Crippen LogP contribution is -2.53. The molecular formula is C15H19F3N2O2. The number of piperazine rings is 1. The van der Waals surface area contributed by atoms with Crippen molar-refractivity contribution in [2.45, 2.75) is 25.2 Å². The molecule has 7 heteroatoms. The maximum absolute atomic E-state index is 12.8. The molecule has 1 aliphatic heterocycles. The van der Waals surface area contributed by atoms with E-state index in [1.807, 2.05) is 14.0 Å². The van der Waals surface area contributed by atoms with Crippen molar-refractivity contribution >= 4 is 5.97 Å².